The molecule has 0 bridgehead atoms. The van der Waals surface area contributed by atoms with Crippen LogP contribution < -0.4 is 0 Å². The van der Waals surface area contributed by atoms with E-state index in [9.17, 15) is 4.79 Å². The maximum atomic E-state index is 11.7. The first-order chi connectivity index (χ1) is 6.30. The third-order valence-electron chi connectivity index (χ3n) is 3.72. The van der Waals surface area contributed by atoms with Gasteiger partial charge in [0.1, 0.15) is 0 Å². The zero-order valence-corrected chi connectivity index (χ0v) is 13.1. The quantitative estimate of drug-likeness (QED) is 0.711. The predicted molar refractivity (Wildman–Crippen MR) is 64.3 cm³/mol. The number of hydrogen-bond donors (Lipinski definition) is 0. The van der Waals surface area contributed by atoms with E-state index in [1.54, 1.807) is 0 Å². The van der Waals surface area contributed by atoms with Crippen molar-refractivity contribution in [1.82, 2.24) is 0 Å². The minimum atomic E-state index is -1.82. The van der Waals surface area contributed by atoms with Crippen molar-refractivity contribution in [3.63, 3.8) is 0 Å². The van der Waals surface area contributed by atoms with E-state index in [4.69, 9.17) is 0 Å². The first-order valence-electron chi connectivity index (χ1n) is 5.82. The van der Waals surface area contributed by atoms with Gasteiger partial charge in [-0.1, -0.05) is 0 Å². The van der Waals surface area contributed by atoms with Gasteiger partial charge in [0, 0.05) is 0 Å². The van der Waals surface area contributed by atoms with E-state index in [2.05, 4.69) is 28.7 Å². The summed E-state index contributed by atoms with van der Waals surface area (Å²) in [4.78, 5) is 19.1. The van der Waals surface area contributed by atoms with Crippen molar-refractivity contribution >= 4 is 24.2 Å². The molecule has 1 fully saturated rings. The Bertz CT molecular complexity index is 215. The second-order valence-corrected chi connectivity index (χ2v) is 22.1. The molecule has 0 saturated heterocycles. The average Bonchev–Trinajstić information content (AvgIpc) is 2.01. The van der Waals surface area contributed by atoms with Crippen LogP contribution in [-0.2, 0) is 4.79 Å². The molecule has 82 valence electrons. The van der Waals surface area contributed by atoms with Crippen molar-refractivity contribution in [2.24, 2.45) is 11.8 Å². The van der Waals surface area contributed by atoms with E-state index >= 15 is 0 Å². The van der Waals surface area contributed by atoms with Gasteiger partial charge in [-0.3, -0.25) is 0 Å². The Balaban J connectivity index is 2.68. The van der Waals surface area contributed by atoms with Crippen LogP contribution in [0.2, 0.25) is 18.8 Å². The molecular weight excluding hydrogens is 279 g/mol. The Labute approximate surface area is 92.5 Å². The summed E-state index contributed by atoms with van der Waals surface area (Å²) in [5.74, 6) is 1.90. The van der Waals surface area contributed by atoms with E-state index in [0.717, 1.165) is 16.8 Å². The normalized spacial score (nSPS) is 29.7. The minimum absolute atomic E-state index is 0.534. The molecule has 0 radical (unpaired) electrons. The van der Waals surface area contributed by atoms with Gasteiger partial charge in [0.05, 0.1) is 0 Å². The molecule has 0 heterocycles. The summed E-state index contributed by atoms with van der Waals surface area (Å²) < 4.78 is 0.804. The molecule has 1 saturated carbocycles. The van der Waals surface area contributed by atoms with E-state index in [1.807, 2.05) is 0 Å². The summed E-state index contributed by atoms with van der Waals surface area (Å²) in [5.41, 5.74) is 0. The van der Waals surface area contributed by atoms with Crippen LogP contribution in [0.4, 0.5) is 0 Å². The number of carbonyl (C=O) groups is 1. The average molecular weight is 303 g/mol. The molecule has 0 aromatic heterocycles. The van der Waals surface area contributed by atoms with E-state index in [1.165, 1.54) is 6.42 Å². The van der Waals surface area contributed by atoms with Gasteiger partial charge in [-0.2, -0.15) is 0 Å². The van der Waals surface area contributed by atoms with Gasteiger partial charge in [0.2, 0.25) is 0 Å². The molecule has 0 unspecified atom stereocenters. The van der Waals surface area contributed by atoms with Crippen molar-refractivity contribution in [1.29, 1.82) is 0 Å². The summed E-state index contributed by atoms with van der Waals surface area (Å²) in [7, 11) is 0. The molecule has 1 nitrogen and oxygen atoms in total. The standard InChI is InChI=1S/C9H15O.3CH3.Sn/c1-7(2)8-4-3-5-9(10)6-8;;;;/h3,7-8H,4-6H2,1-2H3;3*1H3;/t8-;;;;/m0..../s1. The molecule has 0 aromatic rings. The molecular formula is C12H24OSn. The molecule has 1 aliphatic rings. The zero-order chi connectivity index (χ0) is 10.9. The Hall–Kier alpha value is 0.469. The van der Waals surface area contributed by atoms with Gasteiger partial charge in [-0.25, -0.2) is 0 Å². The van der Waals surface area contributed by atoms with Crippen LogP contribution in [0.15, 0.2) is 0 Å². The van der Waals surface area contributed by atoms with Gasteiger partial charge in [0.15, 0.2) is 0 Å². The van der Waals surface area contributed by atoms with E-state index in [0.29, 0.717) is 17.6 Å². The monoisotopic (exact) mass is 304 g/mol. The molecule has 14 heavy (non-hydrogen) atoms. The van der Waals surface area contributed by atoms with Crippen LogP contribution in [0, 0.1) is 11.8 Å². The van der Waals surface area contributed by atoms with Crippen LogP contribution in [0.1, 0.15) is 33.1 Å². The fraction of sp³-hybridized carbons (Fsp3) is 0.917. The Morgan fingerprint density at radius 2 is 1.79 bits per heavy atom. The van der Waals surface area contributed by atoms with Crippen LogP contribution in [0.25, 0.3) is 0 Å². The van der Waals surface area contributed by atoms with Crippen molar-refractivity contribution in [2.45, 2.75) is 51.9 Å². The Morgan fingerprint density at radius 3 is 2.21 bits per heavy atom. The predicted octanol–water partition coefficient (Wildman–Crippen LogP) is 3.72. The van der Waals surface area contributed by atoms with Crippen LogP contribution in [0.5, 0.6) is 0 Å². The van der Waals surface area contributed by atoms with E-state index < -0.39 is 18.4 Å². The fourth-order valence-corrected chi connectivity index (χ4v) is 7.63. The molecule has 0 aliphatic heterocycles. The van der Waals surface area contributed by atoms with Gasteiger partial charge in [-0.05, 0) is 0 Å². The SMILES string of the molecule is CC(C)[C@@H]1CC(=O)C[C@H]([Sn]([CH3])([CH3])[CH3])C1. The van der Waals surface area contributed by atoms with Crippen molar-refractivity contribution < 1.29 is 4.79 Å². The number of hydrogen-bond acceptors (Lipinski definition) is 1. The molecule has 0 amide bonds. The van der Waals surface area contributed by atoms with Crippen LogP contribution >= 0.6 is 0 Å². The van der Waals surface area contributed by atoms with Crippen molar-refractivity contribution in [3.8, 4) is 0 Å². The molecule has 1 rings (SSSR count). The molecule has 1 aliphatic carbocycles. The number of carbonyl (C=O) groups excluding carboxylic acids is 1. The fourth-order valence-electron chi connectivity index (χ4n) is 2.35. The number of ketones is 1. The third kappa shape index (κ3) is 3.25. The molecule has 0 N–H and O–H groups in total. The Kier molecular flexibility index (Phi) is 4.07. The summed E-state index contributed by atoms with van der Waals surface area (Å²) in [6.45, 7) is 4.52. The van der Waals surface area contributed by atoms with Gasteiger partial charge in [0.25, 0.3) is 0 Å². The molecule has 2 atom stereocenters. The summed E-state index contributed by atoms with van der Waals surface area (Å²) in [5, 5.41) is 0. The first kappa shape index (κ1) is 12.5. The third-order valence-corrected chi connectivity index (χ3v) is 12.0. The number of rotatable bonds is 2. The topological polar surface area (TPSA) is 17.1 Å². The Morgan fingerprint density at radius 1 is 1.21 bits per heavy atom. The van der Waals surface area contributed by atoms with E-state index in [-0.39, 0.29) is 0 Å². The molecule has 2 heteroatoms. The van der Waals surface area contributed by atoms with Crippen LogP contribution in [0.3, 0.4) is 0 Å². The first-order valence-corrected chi connectivity index (χ1v) is 16.0. The zero-order valence-electron chi connectivity index (χ0n) is 10.3. The summed E-state index contributed by atoms with van der Waals surface area (Å²) in [6, 6.07) is 0. The summed E-state index contributed by atoms with van der Waals surface area (Å²) >= 11 is -1.82. The molecule has 0 aromatic carbocycles. The van der Waals surface area contributed by atoms with Crippen molar-refractivity contribution in [3.05, 3.63) is 0 Å². The second kappa shape index (κ2) is 4.54. The second-order valence-electron chi connectivity index (χ2n) is 6.25. The van der Waals surface area contributed by atoms with Gasteiger partial charge in [-0.15, -0.1) is 0 Å². The van der Waals surface area contributed by atoms with Crippen molar-refractivity contribution in [2.75, 3.05) is 0 Å². The van der Waals surface area contributed by atoms with Gasteiger partial charge < -0.3 is 0 Å². The molecule has 0 spiro atoms. The maximum absolute atomic E-state index is 11.7. The number of Topliss-reactive ketones (excluding diaryl/α,β-unsaturated/α-hetero) is 1. The van der Waals surface area contributed by atoms with Gasteiger partial charge >= 0.3 is 92.7 Å². The van der Waals surface area contributed by atoms with Crippen LogP contribution in [-0.4, -0.2) is 24.2 Å². The summed E-state index contributed by atoms with van der Waals surface area (Å²) in [6.07, 6.45) is 3.10.